The van der Waals surface area contributed by atoms with Gasteiger partial charge in [-0.15, -0.1) is 0 Å². The van der Waals surface area contributed by atoms with Crippen molar-refractivity contribution in [1.82, 2.24) is 15.3 Å². The van der Waals surface area contributed by atoms with E-state index in [1.807, 2.05) is 6.92 Å². The lowest BCUT2D eigenvalue weighted by atomic mass is 10.2. The number of hydrogen-bond donors (Lipinski definition) is 1. The second kappa shape index (κ2) is 5.83. The third kappa shape index (κ3) is 3.37. The van der Waals surface area contributed by atoms with Gasteiger partial charge in [-0.1, -0.05) is 0 Å². The number of sulfone groups is 1. The fourth-order valence-corrected chi connectivity index (χ4v) is 4.57. The summed E-state index contributed by atoms with van der Waals surface area (Å²) in [4.78, 5) is 23.1. The highest BCUT2D eigenvalue weighted by Gasteiger charge is 2.29. The molecule has 2 saturated heterocycles. The molecule has 0 spiro atoms. The van der Waals surface area contributed by atoms with Crippen molar-refractivity contribution in [2.24, 2.45) is 0 Å². The molecule has 0 saturated carbocycles. The number of hydrogen-bond acceptors (Lipinski definition) is 6. The van der Waals surface area contributed by atoms with E-state index in [-0.39, 0.29) is 23.5 Å². The van der Waals surface area contributed by atoms with Gasteiger partial charge in [-0.3, -0.25) is 4.79 Å². The minimum absolute atomic E-state index is 0.0157. The van der Waals surface area contributed by atoms with Crippen LogP contribution in [0.4, 0.5) is 5.95 Å². The highest BCUT2D eigenvalue weighted by atomic mass is 32.2. The van der Waals surface area contributed by atoms with Crippen molar-refractivity contribution < 1.29 is 13.2 Å². The second-order valence-corrected chi connectivity index (χ2v) is 8.19. The molecule has 3 heterocycles. The molecule has 2 aliphatic heterocycles. The lowest BCUT2D eigenvalue weighted by molar-refractivity contribution is 0.0936. The summed E-state index contributed by atoms with van der Waals surface area (Å²) >= 11 is 0. The average Bonchev–Trinajstić information content (AvgIpc) is 3.08. The number of carbonyl (C=O) groups excluding carboxylic acids is 1. The molecule has 0 radical (unpaired) electrons. The molecule has 2 aliphatic rings. The van der Waals surface area contributed by atoms with Gasteiger partial charge in [-0.25, -0.2) is 18.4 Å². The summed E-state index contributed by atoms with van der Waals surface area (Å²) in [6.07, 6.45) is 2.69. The van der Waals surface area contributed by atoms with Gasteiger partial charge < -0.3 is 10.2 Å². The Labute approximate surface area is 130 Å². The number of carbonyl (C=O) groups is 1. The average molecular weight is 324 g/mol. The van der Waals surface area contributed by atoms with Crippen molar-refractivity contribution in [3.8, 4) is 0 Å². The maximum atomic E-state index is 12.3. The summed E-state index contributed by atoms with van der Waals surface area (Å²) in [5, 5.41) is 2.77. The minimum Gasteiger partial charge on any atom is -0.347 e. The van der Waals surface area contributed by atoms with E-state index in [1.54, 1.807) is 6.07 Å². The molecule has 0 aliphatic carbocycles. The van der Waals surface area contributed by atoms with Crippen LogP contribution in [-0.2, 0) is 9.84 Å². The minimum atomic E-state index is -3.01. The van der Waals surface area contributed by atoms with Crippen molar-refractivity contribution in [2.75, 3.05) is 29.5 Å². The zero-order valence-corrected chi connectivity index (χ0v) is 13.4. The third-order valence-electron chi connectivity index (χ3n) is 4.03. The van der Waals surface area contributed by atoms with E-state index in [9.17, 15) is 13.2 Å². The molecule has 0 bridgehead atoms. The van der Waals surface area contributed by atoms with E-state index in [1.165, 1.54) is 0 Å². The van der Waals surface area contributed by atoms with Crippen molar-refractivity contribution in [2.45, 2.75) is 32.2 Å². The van der Waals surface area contributed by atoms with Gasteiger partial charge in [-0.2, -0.15) is 0 Å². The molecule has 22 heavy (non-hydrogen) atoms. The number of anilines is 1. The SMILES string of the molecule is Cc1cc(C(=O)NC2CCS(=O)(=O)C2)nc(N2CCCC2)n1. The van der Waals surface area contributed by atoms with Crippen LogP contribution in [0, 0.1) is 6.92 Å². The van der Waals surface area contributed by atoms with Crippen molar-refractivity contribution >= 4 is 21.7 Å². The number of nitrogens with one attached hydrogen (secondary N) is 1. The van der Waals surface area contributed by atoms with Gasteiger partial charge in [0.1, 0.15) is 5.69 Å². The smallest absolute Gasteiger partial charge is 0.270 e. The lowest BCUT2D eigenvalue weighted by Crippen LogP contribution is -2.36. The van der Waals surface area contributed by atoms with Crippen LogP contribution in [0.1, 0.15) is 35.4 Å². The Morgan fingerprint density at radius 1 is 1.32 bits per heavy atom. The summed E-state index contributed by atoms with van der Waals surface area (Å²) in [5.41, 5.74) is 1.04. The molecule has 1 aromatic rings. The van der Waals surface area contributed by atoms with Crippen molar-refractivity contribution in [3.05, 3.63) is 17.5 Å². The summed E-state index contributed by atoms with van der Waals surface area (Å²) in [6.45, 7) is 3.65. The van der Waals surface area contributed by atoms with Gasteiger partial charge in [0.15, 0.2) is 9.84 Å². The Bertz CT molecular complexity index is 683. The predicted molar refractivity (Wildman–Crippen MR) is 82.7 cm³/mol. The van der Waals surface area contributed by atoms with Gasteiger partial charge in [0.2, 0.25) is 5.95 Å². The molecule has 1 N–H and O–H groups in total. The maximum absolute atomic E-state index is 12.3. The number of aromatic nitrogens is 2. The van der Waals surface area contributed by atoms with E-state index in [2.05, 4.69) is 20.2 Å². The molecule has 1 amide bonds. The number of amides is 1. The molecule has 1 atom stereocenters. The molecule has 7 nitrogen and oxygen atoms in total. The molecule has 120 valence electrons. The van der Waals surface area contributed by atoms with Crippen LogP contribution < -0.4 is 10.2 Å². The van der Waals surface area contributed by atoms with Crippen LogP contribution in [0.15, 0.2) is 6.07 Å². The summed E-state index contributed by atoms with van der Waals surface area (Å²) < 4.78 is 22.9. The molecule has 2 fully saturated rings. The standard InChI is InChI=1S/C14H20N4O3S/c1-10-8-12(17-14(15-10)18-5-2-3-6-18)13(19)16-11-4-7-22(20,21)9-11/h8,11H,2-7,9H2,1H3,(H,16,19). The van der Waals surface area contributed by atoms with Crippen LogP contribution in [0.25, 0.3) is 0 Å². The monoisotopic (exact) mass is 324 g/mol. The second-order valence-electron chi connectivity index (χ2n) is 5.96. The first-order valence-corrected chi connectivity index (χ1v) is 9.37. The zero-order chi connectivity index (χ0) is 15.7. The summed E-state index contributed by atoms with van der Waals surface area (Å²) in [6, 6.07) is 1.32. The lowest BCUT2D eigenvalue weighted by Gasteiger charge is -2.17. The van der Waals surface area contributed by atoms with Gasteiger partial charge >= 0.3 is 0 Å². The van der Waals surface area contributed by atoms with Crippen LogP contribution in [0.5, 0.6) is 0 Å². The van der Waals surface area contributed by atoms with E-state index >= 15 is 0 Å². The quantitative estimate of drug-likeness (QED) is 0.860. The van der Waals surface area contributed by atoms with E-state index < -0.39 is 9.84 Å². The molecule has 0 aromatic carbocycles. The molecule has 1 aromatic heterocycles. The van der Waals surface area contributed by atoms with Crippen LogP contribution >= 0.6 is 0 Å². The van der Waals surface area contributed by atoms with Crippen molar-refractivity contribution in [1.29, 1.82) is 0 Å². The highest BCUT2D eigenvalue weighted by molar-refractivity contribution is 7.91. The van der Waals surface area contributed by atoms with E-state index in [0.29, 0.717) is 18.1 Å². The molecular weight excluding hydrogens is 304 g/mol. The predicted octanol–water partition coefficient (Wildman–Crippen LogP) is 0.302. The molecule has 8 heteroatoms. The first-order chi connectivity index (χ1) is 10.4. The Kier molecular flexibility index (Phi) is 4.03. The first kappa shape index (κ1) is 15.2. The van der Waals surface area contributed by atoms with E-state index in [4.69, 9.17) is 0 Å². The zero-order valence-electron chi connectivity index (χ0n) is 12.6. The Morgan fingerprint density at radius 3 is 2.68 bits per heavy atom. The Morgan fingerprint density at radius 2 is 2.05 bits per heavy atom. The van der Waals surface area contributed by atoms with Gasteiger partial charge in [-0.05, 0) is 32.3 Å². The molecular formula is C14H20N4O3S. The normalized spacial score (nSPS) is 23.7. The fraction of sp³-hybridized carbons (Fsp3) is 0.643. The van der Waals surface area contributed by atoms with Crippen LogP contribution in [-0.4, -0.2) is 54.9 Å². The van der Waals surface area contributed by atoms with Gasteiger partial charge in [0.25, 0.3) is 5.91 Å². The van der Waals surface area contributed by atoms with Gasteiger partial charge in [0.05, 0.1) is 11.5 Å². The summed E-state index contributed by atoms with van der Waals surface area (Å²) in [5.74, 6) is 0.413. The Hall–Kier alpha value is -1.70. The number of nitrogens with zero attached hydrogens (tertiary/aromatic N) is 3. The number of rotatable bonds is 3. The van der Waals surface area contributed by atoms with Crippen LogP contribution in [0.3, 0.4) is 0 Å². The van der Waals surface area contributed by atoms with Gasteiger partial charge in [0, 0.05) is 24.8 Å². The third-order valence-corrected chi connectivity index (χ3v) is 5.80. The molecule has 3 rings (SSSR count). The Balaban J connectivity index is 1.74. The topological polar surface area (TPSA) is 92.3 Å². The molecule has 1 unspecified atom stereocenters. The maximum Gasteiger partial charge on any atom is 0.270 e. The summed E-state index contributed by atoms with van der Waals surface area (Å²) in [7, 11) is -3.01. The largest absolute Gasteiger partial charge is 0.347 e. The highest BCUT2D eigenvalue weighted by Crippen LogP contribution is 2.17. The fourth-order valence-electron chi connectivity index (χ4n) is 2.90. The van der Waals surface area contributed by atoms with Crippen LogP contribution in [0.2, 0.25) is 0 Å². The van der Waals surface area contributed by atoms with E-state index in [0.717, 1.165) is 31.6 Å². The van der Waals surface area contributed by atoms with Crippen molar-refractivity contribution in [3.63, 3.8) is 0 Å². The number of aryl methyl sites for hydroxylation is 1. The first-order valence-electron chi connectivity index (χ1n) is 7.55.